The minimum atomic E-state index is -0.593. The zero-order valence-electron chi connectivity index (χ0n) is 16.4. The van der Waals surface area contributed by atoms with Crippen LogP contribution in [0.4, 0.5) is 10.6 Å². The van der Waals surface area contributed by atoms with Gasteiger partial charge in [0.15, 0.2) is 0 Å². The highest BCUT2D eigenvalue weighted by Crippen LogP contribution is 2.39. The van der Waals surface area contributed by atoms with E-state index in [1.807, 2.05) is 13.0 Å². The lowest BCUT2D eigenvalue weighted by Crippen LogP contribution is -2.53. The van der Waals surface area contributed by atoms with Gasteiger partial charge in [0.25, 0.3) is 0 Å². The van der Waals surface area contributed by atoms with Crippen molar-refractivity contribution >= 4 is 23.4 Å². The molecule has 0 unspecified atom stereocenters. The van der Waals surface area contributed by atoms with Crippen LogP contribution in [0.3, 0.4) is 0 Å². The molecule has 2 saturated heterocycles. The molecule has 0 saturated carbocycles. The minimum absolute atomic E-state index is 0.112. The molecule has 4 rings (SSSR count). The molecule has 29 heavy (non-hydrogen) atoms. The van der Waals surface area contributed by atoms with E-state index in [0.717, 1.165) is 54.0 Å². The van der Waals surface area contributed by atoms with Crippen molar-refractivity contribution in [2.24, 2.45) is 0 Å². The monoisotopic (exact) mass is 417 g/mol. The zero-order chi connectivity index (χ0) is 20.6. The molecule has 154 valence electrons. The molecule has 0 aliphatic carbocycles. The fraction of sp³-hybridized carbons (Fsp3) is 0.500. The molecule has 2 aliphatic heterocycles. The van der Waals surface area contributed by atoms with E-state index < -0.39 is 4.92 Å². The lowest BCUT2D eigenvalue weighted by atomic mass is 9.84. The summed E-state index contributed by atoms with van der Waals surface area (Å²) in [5.74, 6) is -0.313. The number of carbonyl (C=O) groups is 1. The summed E-state index contributed by atoms with van der Waals surface area (Å²) >= 11 is 6.16. The summed E-state index contributed by atoms with van der Waals surface area (Å²) in [5, 5.41) is 15.4. The lowest BCUT2D eigenvalue weighted by Gasteiger charge is -2.45. The number of nitro groups is 1. The second-order valence-electron chi connectivity index (χ2n) is 7.98. The maximum Gasteiger partial charge on any atom is 0.390 e. The minimum Gasteiger partial charge on any atom is -0.358 e. The third-order valence-corrected chi connectivity index (χ3v) is 6.68. The number of benzene rings is 1. The number of piperidine rings is 1. The number of aromatic nitrogens is 2. The topological polar surface area (TPSA) is 84.5 Å². The third kappa shape index (κ3) is 3.86. The second kappa shape index (κ2) is 7.76. The van der Waals surface area contributed by atoms with Crippen LogP contribution in [0.15, 0.2) is 30.5 Å². The highest BCUT2D eigenvalue weighted by molar-refractivity contribution is 6.31. The van der Waals surface area contributed by atoms with Crippen LogP contribution in [0.25, 0.3) is 0 Å². The maximum atomic E-state index is 12.7. The van der Waals surface area contributed by atoms with E-state index in [1.54, 1.807) is 4.90 Å². The smallest absolute Gasteiger partial charge is 0.358 e. The first-order valence-electron chi connectivity index (χ1n) is 9.87. The van der Waals surface area contributed by atoms with Gasteiger partial charge in [-0.25, -0.2) is 4.79 Å². The summed E-state index contributed by atoms with van der Waals surface area (Å²) in [7, 11) is 0. The number of amides is 1. The van der Waals surface area contributed by atoms with E-state index in [2.05, 4.69) is 22.1 Å². The second-order valence-corrected chi connectivity index (χ2v) is 8.39. The van der Waals surface area contributed by atoms with Crippen LogP contribution in [0.1, 0.15) is 36.8 Å². The van der Waals surface area contributed by atoms with Crippen molar-refractivity contribution in [1.82, 2.24) is 19.6 Å². The molecule has 0 radical (unpaired) electrons. The average molecular weight is 418 g/mol. The van der Waals surface area contributed by atoms with Crippen molar-refractivity contribution in [3.05, 3.63) is 56.7 Å². The van der Waals surface area contributed by atoms with Crippen LogP contribution < -0.4 is 0 Å². The summed E-state index contributed by atoms with van der Waals surface area (Å²) < 4.78 is 1.07. The summed E-state index contributed by atoms with van der Waals surface area (Å²) in [6, 6.07) is 7.14. The van der Waals surface area contributed by atoms with E-state index in [9.17, 15) is 14.9 Å². The molecule has 3 heterocycles. The lowest BCUT2D eigenvalue weighted by molar-refractivity contribution is -0.389. The number of rotatable bonds is 3. The Hall–Kier alpha value is -2.45. The van der Waals surface area contributed by atoms with Crippen LogP contribution in [0.5, 0.6) is 0 Å². The highest BCUT2D eigenvalue weighted by atomic mass is 35.5. The standard InChI is InChI=1S/C20H24ClN5O3/c1-15-13-16(3-4-17(15)21)14-24-9-2-6-20(24)7-11-23(12-8-20)19(27)25-10-5-18(22-25)26(28)29/h3-5,10,13H,2,6-9,11-12,14H2,1H3. The van der Waals surface area contributed by atoms with Crippen molar-refractivity contribution in [3.8, 4) is 0 Å². The molecule has 1 amide bonds. The molecule has 1 spiro atoms. The molecule has 0 atom stereocenters. The SMILES string of the molecule is Cc1cc(CN2CCCC23CCN(C(=O)n2ccc([N+](=O)[O-])n2)CC3)ccc1Cl. The molecule has 1 aromatic carbocycles. The van der Waals surface area contributed by atoms with E-state index in [4.69, 9.17) is 11.6 Å². The molecule has 2 fully saturated rings. The first-order chi connectivity index (χ1) is 13.9. The Morgan fingerprint density at radius 2 is 2.00 bits per heavy atom. The fourth-order valence-electron chi connectivity index (χ4n) is 4.61. The number of carbonyl (C=O) groups excluding carboxylic acids is 1. The first-order valence-corrected chi connectivity index (χ1v) is 10.3. The van der Waals surface area contributed by atoms with Gasteiger partial charge in [0.1, 0.15) is 0 Å². The van der Waals surface area contributed by atoms with Crippen LogP contribution >= 0.6 is 11.6 Å². The van der Waals surface area contributed by atoms with E-state index in [1.165, 1.54) is 17.8 Å². The summed E-state index contributed by atoms with van der Waals surface area (Å²) in [6.45, 7) is 5.22. The number of aryl methyl sites for hydroxylation is 1. The molecule has 2 aliphatic rings. The Morgan fingerprint density at radius 3 is 2.66 bits per heavy atom. The molecular weight excluding hydrogens is 394 g/mol. The largest absolute Gasteiger partial charge is 0.390 e. The maximum absolute atomic E-state index is 12.7. The fourth-order valence-corrected chi connectivity index (χ4v) is 4.73. The quantitative estimate of drug-likeness (QED) is 0.559. The van der Waals surface area contributed by atoms with Gasteiger partial charge in [-0.2, -0.15) is 0 Å². The summed E-state index contributed by atoms with van der Waals surface area (Å²) in [6.07, 6.45) is 5.44. The third-order valence-electron chi connectivity index (χ3n) is 6.26. The normalized spacial score (nSPS) is 19.0. The molecule has 0 N–H and O–H groups in total. The Labute approximate surface area is 174 Å². The van der Waals surface area contributed by atoms with Crippen molar-refractivity contribution in [2.45, 2.75) is 44.7 Å². The summed E-state index contributed by atoms with van der Waals surface area (Å²) in [5.41, 5.74) is 2.46. The van der Waals surface area contributed by atoms with E-state index in [0.29, 0.717) is 13.1 Å². The Balaban J connectivity index is 1.42. The Morgan fingerprint density at radius 1 is 1.24 bits per heavy atom. The predicted molar refractivity (Wildman–Crippen MR) is 109 cm³/mol. The van der Waals surface area contributed by atoms with Crippen molar-refractivity contribution in [1.29, 1.82) is 0 Å². The molecule has 8 nitrogen and oxygen atoms in total. The predicted octanol–water partition coefficient (Wildman–Crippen LogP) is 3.85. The van der Waals surface area contributed by atoms with Gasteiger partial charge in [-0.1, -0.05) is 28.4 Å². The van der Waals surface area contributed by atoms with Gasteiger partial charge in [0.05, 0.1) is 17.4 Å². The molecule has 2 aromatic rings. The van der Waals surface area contributed by atoms with Crippen molar-refractivity contribution < 1.29 is 9.72 Å². The number of nitrogens with zero attached hydrogens (tertiary/aromatic N) is 5. The zero-order valence-corrected chi connectivity index (χ0v) is 17.1. The summed E-state index contributed by atoms with van der Waals surface area (Å²) in [4.78, 5) is 27.2. The molecular formula is C20H24ClN5O3. The Bertz CT molecular complexity index is 936. The molecule has 1 aromatic heterocycles. The number of hydrogen-bond acceptors (Lipinski definition) is 5. The van der Waals surface area contributed by atoms with Gasteiger partial charge in [0, 0.05) is 30.2 Å². The number of halogens is 1. The van der Waals surface area contributed by atoms with Crippen LogP contribution in [0, 0.1) is 17.0 Å². The highest BCUT2D eigenvalue weighted by Gasteiger charge is 2.44. The van der Waals surface area contributed by atoms with Crippen LogP contribution in [0.2, 0.25) is 5.02 Å². The van der Waals surface area contributed by atoms with Gasteiger partial charge in [-0.15, -0.1) is 0 Å². The van der Waals surface area contributed by atoms with Crippen LogP contribution in [-0.4, -0.2) is 55.7 Å². The first kappa shape index (κ1) is 19.8. The molecule has 9 heteroatoms. The van der Waals surface area contributed by atoms with Gasteiger partial charge in [-0.3, -0.25) is 4.90 Å². The van der Waals surface area contributed by atoms with Crippen LogP contribution in [-0.2, 0) is 6.54 Å². The molecule has 0 bridgehead atoms. The average Bonchev–Trinajstić information content (AvgIpc) is 3.33. The van der Waals surface area contributed by atoms with Crippen molar-refractivity contribution in [3.63, 3.8) is 0 Å². The van der Waals surface area contributed by atoms with Crippen molar-refractivity contribution in [2.75, 3.05) is 19.6 Å². The van der Waals surface area contributed by atoms with E-state index >= 15 is 0 Å². The van der Waals surface area contributed by atoms with E-state index in [-0.39, 0.29) is 17.4 Å². The van der Waals surface area contributed by atoms with Gasteiger partial charge >= 0.3 is 11.8 Å². The Kier molecular flexibility index (Phi) is 5.31. The van der Waals surface area contributed by atoms with Gasteiger partial charge < -0.3 is 15.0 Å². The number of hydrogen-bond donors (Lipinski definition) is 0. The number of likely N-dealkylation sites (tertiary alicyclic amines) is 2. The van der Waals surface area contributed by atoms with Gasteiger partial charge in [0.2, 0.25) is 0 Å². The van der Waals surface area contributed by atoms with Gasteiger partial charge in [-0.05, 0) is 61.3 Å².